The summed E-state index contributed by atoms with van der Waals surface area (Å²) in [6.45, 7) is 5.01. The summed E-state index contributed by atoms with van der Waals surface area (Å²) in [6.07, 6.45) is 6.65. The molecule has 4 heteroatoms. The molecule has 3 aromatic rings. The van der Waals surface area contributed by atoms with Gasteiger partial charge in [0.05, 0.1) is 10.2 Å². The number of hydrogen-bond donors (Lipinski definition) is 0. The Balaban J connectivity index is 1.70. The number of benzene rings is 1. The molecule has 2 heterocycles. The lowest BCUT2D eigenvalue weighted by atomic mass is 10.2. The Morgan fingerprint density at radius 1 is 1.23 bits per heavy atom. The van der Waals surface area contributed by atoms with Crippen molar-refractivity contribution in [1.82, 2.24) is 9.47 Å². The van der Waals surface area contributed by atoms with Crippen molar-refractivity contribution in [2.75, 3.05) is 6.54 Å². The minimum atomic E-state index is 0.101. The lowest BCUT2D eigenvalue weighted by molar-refractivity contribution is 0.0750. The van der Waals surface area contributed by atoms with Crippen LogP contribution in [0.3, 0.4) is 0 Å². The Hall–Kier alpha value is -2.33. The van der Waals surface area contributed by atoms with Crippen LogP contribution in [-0.4, -0.2) is 21.9 Å². The third-order valence-electron chi connectivity index (χ3n) is 5.22. The molecule has 1 fully saturated rings. The van der Waals surface area contributed by atoms with Gasteiger partial charge in [0.1, 0.15) is 5.69 Å². The predicted octanol–water partition coefficient (Wildman–Crippen LogP) is 5.65. The number of hydrogen-bond acceptors (Lipinski definition) is 2. The second-order valence-corrected chi connectivity index (χ2v) is 7.92. The van der Waals surface area contributed by atoms with Crippen molar-refractivity contribution in [1.29, 1.82) is 0 Å². The molecule has 0 saturated heterocycles. The van der Waals surface area contributed by atoms with E-state index >= 15 is 0 Å². The molecular formula is C22H24N2OS. The Bertz CT molecular complexity index is 903. The van der Waals surface area contributed by atoms with Gasteiger partial charge in [-0.15, -0.1) is 17.9 Å². The fourth-order valence-electron chi connectivity index (χ4n) is 4.01. The van der Waals surface area contributed by atoms with Crippen LogP contribution >= 0.6 is 11.3 Å². The molecule has 26 heavy (non-hydrogen) atoms. The highest BCUT2D eigenvalue weighted by Crippen LogP contribution is 2.37. The Morgan fingerprint density at radius 3 is 2.73 bits per heavy atom. The number of rotatable bonds is 6. The van der Waals surface area contributed by atoms with E-state index in [-0.39, 0.29) is 5.91 Å². The highest BCUT2D eigenvalue weighted by Gasteiger charge is 2.27. The van der Waals surface area contributed by atoms with Gasteiger partial charge in [-0.3, -0.25) is 4.79 Å². The summed E-state index contributed by atoms with van der Waals surface area (Å²) < 4.78 is 3.51. The van der Waals surface area contributed by atoms with Gasteiger partial charge >= 0.3 is 0 Å². The monoisotopic (exact) mass is 364 g/mol. The smallest absolute Gasteiger partial charge is 0.271 e. The molecule has 3 nitrogen and oxygen atoms in total. The van der Waals surface area contributed by atoms with Crippen molar-refractivity contribution >= 4 is 27.5 Å². The first-order valence-corrected chi connectivity index (χ1v) is 10.2. The molecule has 2 aromatic heterocycles. The SMILES string of the molecule is C=CCN(Cc1ccccc1)C(=O)c1cc2sccc2n1C1CCCC1. The molecule has 134 valence electrons. The zero-order chi connectivity index (χ0) is 17.9. The maximum atomic E-state index is 13.4. The summed E-state index contributed by atoms with van der Waals surface area (Å²) in [5.41, 5.74) is 3.18. The van der Waals surface area contributed by atoms with Gasteiger partial charge in [0.2, 0.25) is 0 Å². The summed E-state index contributed by atoms with van der Waals surface area (Å²) in [7, 11) is 0. The number of fused-ring (bicyclic) bond motifs is 1. The average Bonchev–Trinajstić information content (AvgIpc) is 3.38. The standard InChI is InChI=1S/C22H24N2OS/c1-2-13-23(16-17-8-4-3-5-9-17)22(25)20-15-21-19(12-14-26-21)24(20)18-10-6-7-11-18/h2-5,8-9,12,14-15,18H,1,6-7,10-11,13,16H2. The zero-order valence-corrected chi connectivity index (χ0v) is 15.8. The van der Waals surface area contributed by atoms with Crippen LogP contribution < -0.4 is 0 Å². The van der Waals surface area contributed by atoms with Crippen molar-refractivity contribution in [3.05, 3.63) is 71.8 Å². The first-order valence-electron chi connectivity index (χ1n) is 9.30. The summed E-state index contributed by atoms with van der Waals surface area (Å²) in [5.74, 6) is 0.101. The van der Waals surface area contributed by atoms with Crippen LogP contribution in [0.5, 0.6) is 0 Å². The Kier molecular flexibility index (Phi) is 4.93. The van der Waals surface area contributed by atoms with E-state index in [9.17, 15) is 4.79 Å². The molecule has 0 N–H and O–H groups in total. The van der Waals surface area contributed by atoms with Crippen molar-refractivity contribution in [2.45, 2.75) is 38.3 Å². The summed E-state index contributed by atoms with van der Waals surface area (Å²) >= 11 is 1.72. The summed E-state index contributed by atoms with van der Waals surface area (Å²) in [5, 5.41) is 2.12. The fourth-order valence-corrected chi connectivity index (χ4v) is 4.82. The van der Waals surface area contributed by atoms with E-state index in [1.807, 2.05) is 29.2 Å². The van der Waals surface area contributed by atoms with Crippen LogP contribution in [0.25, 0.3) is 10.2 Å². The lowest BCUT2D eigenvalue weighted by Gasteiger charge is -2.24. The number of aromatic nitrogens is 1. The molecule has 0 radical (unpaired) electrons. The number of carbonyl (C=O) groups is 1. The van der Waals surface area contributed by atoms with Crippen LogP contribution in [0.4, 0.5) is 0 Å². The lowest BCUT2D eigenvalue weighted by Crippen LogP contribution is -2.32. The van der Waals surface area contributed by atoms with Gasteiger partial charge in [0.15, 0.2) is 0 Å². The van der Waals surface area contributed by atoms with Gasteiger partial charge in [-0.1, -0.05) is 49.2 Å². The number of carbonyl (C=O) groups excluding carboxylic acids is 1. The van der Waals surface area contributed by atoms with Gasteiger partial charge in [-0.2, -0.15) is 0 Å². The first kappa shape index (κ1) is 17.1. The zero-order valence-electron chi connectivity index (χ0n) is 14.9. The van der Waals surface area contributed by atoms with E-state index in [4.69, 9.17) is 0 Å². The Morgan fingerprint density at radius 2 is 2.00 bits per heavy atom. The minimum absolute atomic E-state index is 0.101. The maximum absolute atomic E-state index is 13.4. The van der Waals surface area contributed by atoms with Crippen LogP contribution in [0.1, 0.15) is 47.8 Å². The van der Waals surface area contributed by atoms with Crippen molar-refractivity contribution in [3.8, 4) is 0 Å². The van der Waals surface area contributed by atoms with Gasteiger partial charge < -0.3 is 9.47 Å². The van der Waals surface area contributed by atoms with E-state index in [1.54, 1.807) is 11.3 Å². The van der Waals surface area contributed by atoms with E-state index < -0.39 is 0 Å². The Labute approximate surface area is 158 Å². The molecule has 1 amide bonds. The minimum Gasteiger partial charge on any atom is -0.333 e. The molecule has 0 aliphatic heterocycles. The van der Waals surface area contributed by atoms with Gasteiger partial charge in [-0.05, 0) is 35.9 Å². The van der Waals surface area contributed by atoms with Crippen molar-refractivity contribution in [2.24, 2.45) is 0 Å². The second kappa shape index (κ2) is 7.50. The fraction of sp³-hybridized carbons (Fsp3) is 0.318. The summed E-state index contributed by atoms with van der Waals surface area (Å²) in [4.78, 5) is 15.3. The molecule has 1 aliphatic carbocycles. The quantitative estimate of drug-likeness (QED) is 0.519. The largest absolute Gasteiger partial charge is 0.333 e. The topological polar surface area (TPSA) is 25.2 Å². The molecule has 0 bridgehead atoms. The third-order valence-corrected chi connectivity index (χ3v) is 6.08. The molecule has 1 aromatic carbocycles. The molecule has 4 rings (SSSR count). The average molecular weight is 365 g/mol. The van der Waals surface area contributed by atoms with Crippen LogP contribution in [0.2, 0.25) is 0 Å². The van der Waals surface area contributed by atoms with Crippen molar-refractivity contribution < 1.29 is 4.79 Å². The van der Waals surface area contributed by atoms with Gasteiger partial charge in [0.25, 0.3) is 5.91 Å². The van der Waals surface area contributed by atoms with Gasteiger partial charge in [0, 0.05) is 19.1 Å². The normalized spacial score (nSPS) is 14.8. The molecular weight excluding hydrogens is 340 g/mol. The van der Waals surface area contributed by atoms with E-state index in [0.29, 0.717) is 19.1 Å². The third kappa shape index (κ3) is 3.21. The van der Waals surface area contributed by atoms with E-state index in [1.165, 1.54) is 35.9 Å². The van der Waals surface area contributed by atoms with Crippen molar-refractivity contribution in [3.63, 3.8) is 0 Å². The first-order chi connectivity index (χ1) is 12.8. The molecule has 1 saturated carbocycles. The van der Waals surface area contributed by atoms with Crippen LogP contribution in [0, 0.1) is 0 Å². The molecule has 0 spiro atoms. The number of amides is 1. The van der Waals surface area contributed by atoms with Gasteiger partial charge in [-0.25, -0.2) is 0 Å². The van der Waals surface area contributed by atoms with E-state index in [0.717, 1.165) is 11.3 Å². The molecule has 1 aliphatic rings. The highest BCUT2D eigenvalue weighted by molar-refractivity contribution is 7.17. The second-order valence-electron chi connectivity index (χ2n) is 6.97. The number of nitrogens with zero attached hydrogens (tertiary/aromatic N) is 2. The van der Waals surface area contributed by atoms with Crippen LogP contribution in [0.15, 0.2) is 60.5 Å². The maximum Gasteiger partial charge on any atom is 0.271 e. The van der Waals surface area contributed by atoms with Crippen LogP contribution in [-0.2, 0) is 6.54 Å². The molecule has 0 unspecified atom stereocenters. The predicted molar refractivity (Wildman–Crippen MR) is 109 cm³/mol. The number of thiophene rings is 1. The molecule has 0 atom stereocenters. The summed E-state index contributed by atoms with van der Waals surface area (Å²) in [6, 6.07) is 14.9. The highest BCUT2D eigenvalue weighted by atomic mass is 32.1. The van der Waals surface area contributed by atoms with E-state index in [2.05, 4.69) is 40.8 Å².